The first-order valence-corrected chi connectivity index (χ1v) is 14.7. The van der Waals surface area contributed by atoms with Gasteiger partial charge in [0.1, 0.15) is 17.6 Å². The third-order valence-corrected chi connectivity index (χ3v) is 9.15. The number of carbonyl (C=O) groups excluding carboxylic acids is 3. The highest BCUT2D eigenvalue weighted by molar-refractivity contribution is 5.86. The molecule has 3 N–H and O–H groups in total. The quantitative estimate of drug-likeness (QED) is 0.190. The number of hydrogen-bond donors (Lipinski definition) is 3. The zero-order valence-electron chi connectivity index (χ0n) is 24.9. The third-order valence-electron chi connectivity index (χ3n) is 9.15. The van der Waals surface area contributed by atoms with Crippen LogP contribution in [0.3, 0.4) is 0 Å². The summed E-state index contributed by atoms with van der Waals surface area (Å²) in [5, 5.41) is 30.0. The Morgan fingerprint density at radius 2 is 1.85 bits per heavy atom. The number of phenolic OH excluding ortho intramolecular Hbond substituents is 1. The number of allylic oxidation sites excluding steroid dienone is 1. The van der Waals surface area contributed by atoms with Gasteiger partial charge in [0.2, 0.25) is 0 Å². The smallest absolute Gasteiger partial charge is 0.331 e. The Morgan fingerprint density at radius 3 is 2.49 bits per heavy atom. The van der Waals surface area contributed by atoms with Gasteiger partial charge >= 0.3 is 11.9 Å². The molecule has 0 aromatic heterocycles. The van der Waals surface area contributed by atoms with Gasteiger partial charge in [-0.25, -0.2) is 4.79 Å². The number of benzene rings is 1. The van der Waals surface area contributed by atoms with Crippen LogP contribution in [-0.2, 0) is 30.3 Å². The number of Topliss-reactive ketones (excluding diaryl/α,β-unsaturated/α-hetero) is 1. The van der Waals surface area contributed by atoms with E-state index in [-0.39, 0.29) is 67.2 Å². The van der Waals surface area contributed by atoms with Crippen LogP contribution < -0.4 is 0 Å². The second-order valence-corrected chi connectivity index (χ2v) is 12.1. The van der Waals surface area contributed by atoms with Gasteiger partial charge < -0.3 is 24.8 Å². The van der Waals surface area contributed by atoms with Crippen LogP contribution in [0.15, 0.2) is 48.1 Å². The van der Waals surface area contributed by atoms with Crippen molar-refractivity contribution in [2.45, 2.75) is 78.9 Å². The van der Waals surface area contributed by atoms with Crippen molar-refractivity contribution in [2.24, 2.45) is 35.0 Å². The minimum Gasteiger partial charge on any atom is -0.508 e. The van der Waals surface area contributed by atoms with E-state index >= 15 is 0 Å². The molecule has 226 valence electrons. The summed E-state index contributed by atoms with van der Waals surface area (Å²) in [4.78, 5) is 38.8. The lowest BCUT2D eigenvalue weighted by Crippen LogP contribution is -2.59. The predicted octanol–water partition coefficient (Wildman–Crippen LogP) is 4.55. The number of esters is 2. The first-order valence-electron chi connectivity index (χ1n) is 14.7. The Balaban J connectivity index is 1.69. The van der Waals surface area contributed by atoms with Crippen molar-refractivity contribution in [1.82, 2.24) is 0 Å². The van der Waals surface area contributed by atoms with Crippen molar-refractivity contribution in [3.8, 4) is 5.75 Å². The number of aromatic hydroxyl groups is 1. The molecule has 0 bridgehead atoms. The van der Waals surface area contributed by atoms with Gasteiger partial charge in [0.15, 0.2) is 0 Å². The molecule has 0 radical (unpaired) electrons. The molecular formula is C33H46O8. The molecule has 1 aromatic carbocycles. The summed E-state index contributed by atoms with van der Waals surface area (Å²) in [5.74, 6) is -1.26. The summed E-state index contributed by atoms with van der Waals surface area (Å²) in [6.07, 6.45) is 5.36. The lowest BCUT2D eigenvalue weighted by Gasteiger charge is -2.55. The fourth-order valence-electron chi connectivity index (χ4n) is 6.97. The Morgan fingerprint density at radius 1 is 1.17 bits per heavy atom. The summed E-state index contributed by atoms with van der Waals surface area (Å²) in [6, 6.07) is 6.66. The number of rotatable bonds is 12. The molecule has 0 amide bonds. The molecule has 2 aliphatic carbocycles. The molecular weight excluding hydrogens is 524 g/mol. The first kappa shape index (κ1) is 32.5. The highest BCUT2D eigenvalue weighted by atomic mass is 16.6. The van der Waals surface area contributed by atoms with Crippen LogP contribution >= 0.6 is 0 Å². The molecule has 41 heavy (non-hydrogen) atoms. The molecule has 8 nitrogen and oxygen atoms in total. The van der Waals surface area contributed by atoms with Crippen molar-refractivity contribution >= 4 is 17.7 Å². The number of ether oxygens (including phenoxy) is 2. The second kappa shape index (κ2) is 14.3. The van der Waals surface area contributed by atoms with Gasteiger partial charge in [-0.05, 0) is 54.7 Å². The zero-order chi connectivity index (χ0) is 30.3. The van der Waals surface area contributed by atoms with E-state index in [2.05, 4.69) is 13.8 Å². The van der Waals surface area contributed by atoms with E-state index in [0.717, 1.165) is 12.0 Å². The maximum Gasteiger partial charge on any atom is 0.331 e. The average Bonchev–Trinajstić information content (AvgIpc) is 2.91. The van der Waals surface area contributed by atoms with E-state index in [1.807, 2.05) is 26.0 Å². The molecule has 3 rings (SSSR count). The maximum absolute atomic E-state index is 13.6. The van der Waals surface area contributed by atoms with E-state index in [4.69, 9.17) is 9.47 Å². The normalized spacial score (nSPS) is 30.3. The zero-order valence-corrected chi connectivity index (χ0v) is 24.9. The molecule has 8 atom stereocenters. The molecule has 0 aliphatic heterocycles. The van der Waals surface area contributed by atoms with Gasteiger partial charge in [-0.3, -0.25) is 9.59 Å². The number of hydrogen-bond acceptors (Lipinski definition) is 8. The first-order chi connectivity index (χ1) is 19.4. The van der Waals surface area contributed by atoms with E-state index in [1.54, 1.807) is 31.2 Å². The van der Waals surface area contributed by atoms with Crippen molar-refractivity contribution in [1.29, 1.82) is 0 Å². The lowest BCUT2D eigenvalue weighted by molar-refractivity contribution is -0.173. The number of phenols is 1. The Bertz CT molecular complexity index is 1120. The van der Waals surface area contributed by atoms with E-state index in [9.17, 15) is 29.7 Å². The SMILES string of the molecule is CC[C@@H](C)[C@H]1C=C[C@H]2[C@H](OC(=O)/C=C(\C)CC(=O)OCCc3ccc(O)cc3)[C@H](O)C[C@@H](C)[C@@H]2[C@@]1(C)C(=O)CCO. The molecule has 8 heteroatoms. The van der Waals surface area contributed by atoms with Gasteiger partial charge in [-0.1, -0.05) is 64.0 Å². The molecule has 1 aromatic rings. The van der Waals surface area contributed by atoms with Crippen LogP contribution in [0.4, 0.5) is 0 Å². The van der Waals surface area contributed by atoms with Gasteiger partial charge in [-0.2, -0.15) is 0 Å². The molecule has 1 fully saturated rings. The maximum atomic E-state index is 13.6. The highest BCUT2D eigenvalue weighted by Crippen LogP contribution is 2.56. The fraction of sp³-hybridized carbons (Fsp3) is 0.606. The lowest BCUT2D eigenvalue weighted by atomic mass is 9.49. The van der Waals surface area contributed by atoms with E-state index in [1.165, 1.54) is 6.08 Å². The van der Waals surface area contributed by atoms with E-state index < -0.39 is 29.6 Å². The van der Waals surface area contributed by atoms with Crippen LogP contribution in [0.5, 0.6) is 5.75 Å². The van der Waals surface area contributed by atoms with Gasteiger partial charge in [0.25, 0.3) is 0 Å². The van der Waals surface area contributed by atoms with E-state index in [0.29, 0.717) is 18.4 Å². The number of aliphatic hydroxyl groups excluding tert-OH is 2. The van der Waals surface area contributed by atoms with Gasteiger partial charge in [0.05, 0.1) is 19.1 Å². The Hall–Kier alpha value is -2.97. The number of carbonyl (C=O) groups is 3. The Kier molecular flexibility index (Phi) is 11.3. The average molecular weight is 571 g/mol. The summed E-state index contributed by atoms with van der Waals surface area (Å²) in [5.41, 5.74) is 0.627. The van der Waals surface area contributed by atoms with Crippen LogP contribution in [0, 0.1) is 35.0 Å². The highest BCUT2D eigenvalue weighted by Gasteiger charge is 2.58. The number of fused-ring (bicyclic) bond motifs is 1. The standard InChI is InChI=1S/C33H46O8/c1-6-21(3)26-12-11-25-31(33(26,5)28(37)13-15-34)22(4)19-27(36)32(25)41-30(39)18-20(2)17-29(38)40-16-14-23-7-9-24(35)10-8-23/h7-12,18,21-22,25-27,31-32,34-36H,6,13-17,19H2,1-5H3/b20-18+/t21-,22-,25-,26-,27-,31+,32+,33-/m1/s1. The minimum absolute atomic E-state index is 0.00219. The minimum atomic E-state index is -0.893. The molecule has 2 aliphatic rings. The molecule has 0 spiro atoms. The van der Waals surface area contributed by atoms with Gasteiger partial charge in [0, 0.05) is 36.9 Å². The van der Waals surface area contributed by atoms with Crippen LogP contribution in [0.2, 0.25) is 0 Å². The molecule has 0 heterocycles. The topological polar surface area (TPSA) is 130 Å². The summed E-state index contributed by atoms with van der Waals surface area (Å²) in [7, 11) is 0. The predicted molar refractivity (Wildman–Crippen MR) is 155 cm³/mol. The van der Waals surface area contributed by atoms with Gasteiger partial charge in [-0.15, -0.1) is 0 Å². The fourth-order valence-corrected chi connectivity index (χ4v) is 6.97. The van der Waals surface area contributed by atoms with Crippen LogP contribution in [-0.4, -0.2) is 58.5 Å². The summed E-state index contributed by atoms with van der Waals surface area (Å²) < 4.78 is 11.1. The molecule has 1 saturated carbocycles. The van der Waals surface area contributed by atoms with Crippen molar-refractivity contribution in [3.05, 3.63) is 53.6 Å². The van der Waals surface area contributed by atoms with Crippen LogP contribution in [0.1, 0.15) is 65.9 Å². The Labute approximate surface area is 243 Å². The van der Waals surface area contributed by atoms with Crippen LogP contribution in [0.25, 0.3) is 0 Å². The summed E-state index contributed by atoms with van der Waals surface area (Å²) >= 11 is 0. The van der Waals surface area contributed by atoms with Crippen molar-refractivity contribution in [3.63, 3.8) is 0 Å². The molecule has 0 saturated heterocycles. The third kappa shape index (κ3) is 7.66. The monoisotopic (exact) mass is 570 g/mol. The number of aliphatic hydroxyl groups is 2. The molecule has 0 unspecified atom stereocenters. The largest absolute Gasteiger partial charge is 0.508 e. The second-order valence-electron chi connectivity index (χ2n) is 12.1. The number of ketones is 1. The summed E-state index contributed by atoms with van der Waals surface area (Å²) in [6.45, 7) is 9.84. The van der Waals surface area contributed by atoms with Crippen molar-refractivity contribution < 1.29 is 39.2 Å². The van der Waals surface area contributed by atoms with Crippen molar-refractivity contribution in [2.75, 3.05) is 13.2 Å².